The third-order valence-corrected chi connectivity index (χ3v) is 6.02. The standard InChI is InChI=1S/C22H24N4O5S/c1-21(2,3)31-20(29)26-12-13(11-22(26,4)19(27)28)30-18-16-14(8-10-32-16)24-17(25-18)15-7-5-6-9-23-15/h5-10,13H,11-12H2,1-4H3,(H,27,28)/t13-,22+/m1/s1. The second-order valence-electron chi connectivity index (χ2n) is 8.82. The van der Waals surface area contributed by atoms with Gasteiger partial charge in [0.25, 0.3) is 0 Å². The van der Waals surface area contributed by atoms with E-state index in [1.165, 1.54) is 23.2 Å². The Bertz CT molecular complexity index is 1160. The summed E-state index contributed by atoms with van der Waals surface area (Å²) in [4.78, 5) is 39.5. The average Bonchev–Trinajstić information content (AvgIpc) is 3.32. The van der Waals surface area contributed by atoms with E-state index < -0.39 is 29.3 Å². The molecule has 3 aromatic heterocycles. The third-order valence-electron chi connectivity index (χ3n) is 5.13. The predicted molar refractivity (Wildman–Crippen MR) is 119 cm³/mol. The topological polar surface area (TPSA) is 115 Å². The van der Waals surface area contributed by atoms with Crippen LogP contribution in [0.25, 0.3) is 21.7 Å². The molecule has 0 unspecified atom stereocenters. The summed E-state index contributed by atoms with van der Waals surface area (Å²) >= 11 is 1.43. The first-order chi connectivity index (χ1) is 15.1. The molecule has 1 aliphatic rings. The lowest BCUT2D eigenvalue weighted by Gasteiger charge is -2.32. The van der Waals surface area contributed by atoms with Gasteiger partial charge in [0.05, 0.1) is 12.1 Å². The molecule has 2 atom stereocenters. The smallest absolute Gasteiger partial charge is 0.411 e. The van der Waals surface area contributed by atoms with E-state index in [1.54, 1.807) is 39.1 Å². The minimum atomic E-state index is -1.46. The average molecular weight is 457 g/mol. The normalized spacial score (nSPS) is 21.0. The van der Waals surface area contributed by atoms with E-state index in [4.69, 9.17) is 9.47 Å². The van der Waals surface area contributed by atoms with Crippen LogP contribution in [-0.4, -0.2) is 60.8 Å². The van der Waals surface area contributed by atoms with Crippen molar-refractivity contribution >= 4 is 33.6 Å². The molecule has 4 heterocycles. The molecular weight excluding hydrogens is 432 g/mol. The van der Waals surface area contributed by atoms with Gasteiger partial charge in [-0.1, -0.05) is 6.07 Å². The molecule has 0 radical (unpaired) electrons. The van der Waals surface area contributed by atoms with E-state index in [0.29, 0.717) is 22.9 Å². The van der Waals surface area contributed by atoms with E-state index in [1.807, 2.05) is 17.5 Å². The second kappa shape index (κ2) is 8.01. The van der Waals surface area contributed by atoms with Crippen molar-refractivity contribution in [2.45, 2.75) is 51.4 Å². The number of ether oxygens (including phenoxy) is 2. The van der Waals surface area contributed by atoms with Gasteiger partial charge >= 0.3 is 12.1 Å². The van der Waals surface area contributed by atoms with Crippen molar-refractivity contribution in [3.8, 4) is 17.4 Å². The molecule has 9 nitrogen and oxygen atoms in total. The van der Waals surface area contributed by atoms with Gasteiger partial charge < -0.3 is 14.6 Å². The molecule has 0 spiro atoms. The first-order valence-electron chi connectivity index (χ1n) is 10.1. The molecule has 0 bridgehead atoms. The van der Waals surface area contributed by atoms with Gasteiger partial charge in [0.1, 0.15) is 27.6 Å². The molecule has 3 aromatic rings. The highest BCUT2D eigenvalue weighted by atomic mass is 32.1. The van der Waals surface area contributed by atoms with Gasteiger partial charge in [-0.3, -0.25) is 9.88 Å². The van der Waals surface area contributed by atoms with E-state index in [9.17, 15) is 14.7 Å². The number of aliphatic carboxylic acids is 1. The fraction of sp³-hybridized carbons (Fsp3) is 0.409. The van der Waals surface area contributed by atoms with Crippen molar-refractivity contribution < 1.29 is 24.2 Å². The lowest BCUT2D eigenvalue weighted by molar-refractivity contribution is -0.148. The van der Waals surface area contributed by atoms with Crippen LogP contribution in [0.4, 0.5) is 4.79 Å². The molecule has 1 fully saturated rings. The number of aromatic nitrogens is 3. The molecule has 168 valence electrons. The van der Waals surface area contributed by atoms with Crippen molar-refractivity contribution in [2.75, 3.05) is 6.54 Å². The maximum absolute atomic E-state index is 12.7. The number of carboxylic acid groups (broad SMARTS) is 1. The van der Waals surface area contributed by atoms with Gasteiger partial charge in [-0.15, -0.1) is 11.3 Å². The largest absolute Gasteiger partial charge is 0.480 e. The number of likely N-dealkylation sites (tertiary alicyclic amines) is 1. The van der Waals surface area contributed by atoms with Crippen molar-refractivity contribution in [1.29, 1.82) is 0 Å². The van der Waals surface area contributed by atoms with Crippen LogP contribution < -0.4 is 4.74 Å². The lowest BCUT2D eigenvalue weighted by Crippen LogP contribution is -2.52. The summed E-state index contributed by atoms with van der Waals surface area (Å²) in [6.45, 7) is 6.78. The molecule has 0 aliphatic carbocycles. The number of hydrogen-bond acceptors (Lipinski definition) is 8. The molecule has 1 saturated heterocycles. The van der Waals surface area contributed by atoms with Crippen molar-refractivity contribution in [2.24, 2.45) is 0 Å². The van der Waals surface area contributed by atoms with E-state index >= 15 is 0 Å². The highest BCUT2D eigenvalue weighted by molar-refractivity contribution is 7.17. The summed E-state index contributed by atoms with van der Waals surface area (Å²) in [6.07, 6.45) is 0.481. The summed E-state index contributed by atoms with van der Waals surface area (Å²) < 4.78 is 12.4. The number of nitrogens with zero attached hydrogens (tertiary/aromatic N) is 4. The summed E-state index contributed by atoms with van der Waals surface area (Å²) in [6, 6.07) is 7.32. The number of hydrogen-bond donors (Lipinski definition) is 1. The first kappa shape index (κ1) is 21.9. The van der Waals surface area contributed by atoms with E-state index in [0.717, 1.165) is 4.70 Å². The summed E-state index contributed by atoms with van der Waals surface area (Å²) in [5.41, 5.74) is -0.896. The molecule has 4 rings (SSSR count). The molecular formula is C22H24N4O5S. The molecule has 1 N–H and O–H groups in total. The van der Waals surface area contributed by atoms with Crippen LogP contribution in [0.1, 0.15) is 34.1 Å². The van der Waals surface area contributed by atoms with Gasteiger partial charge in [0.15, 0.2) is 5.82 Å². The number of carboxylic acids is 1. The molecule has 32 heavy (non-hydrogen) atoms. The maximum Gasteiger partial charge on any atom is 0.411 e. The molecule has 1 aliphatic heterocycles. The molecule has 10 heteroatoms. The fourth-order valence-electron chi connectivity index (χ4n) is 3.58. The number of pyridine rings is 1. The number of carbonyl (C=O) groups is 2. The van der Waals surface area contributed by atoms with Crippen LogP contribution >= 0.6 is 11.3 Å². The van der Waals surface area contributed by atoms with Crippen LogP contribution in [0.15, 0.2) is 35.8 Å². The molecule has 1 amide bonds. The number of carbonyl (C=O) groups excluding carboxylic acids is 1. The van der Waals surface area contributed by atoms with Gasteiger partial charge in [-0.2, -0.15) is 4.98 Å². The number of rotatable bonds is 4. The van der Waals surface area contributed by atoms with Crippen molar-refractivity contribution in [3.63, 3.8) is 0 Å². The maximum atomic E-state index is 12.7. The zero-order valence-corrected chi connectivity index (χ0v) is 19.0. The Labute approximate surface area is 189 Å². The van der Waals surface area contributed by atoms with E-state index in [2.05, 4.69) is 15.0 Å². The monoisotopic (exact) mass is 456 g/mol. The van der Waals surface area contributed by atoms with Gasteiger partial charge in [-0.25, -0.2) is 14.6 Å². The van der Waals surface area contributed by atoms with E-state index in [-0.39, 0.29) is 13.0 Å². The van der Waals surface area contributed by atoms with Crippen LogP contribution in [0, 0.1) is 0 Å². The molecule has 0 saturated carbocycles. The van der Waals surface area contributed by atoms with Crippen LogP contribution in [-0.2, 0) is 9.53 Å². The Hall–Kier alpha value is -3.27. The second-order valence-corrected chi connectivity index (χ2v) is 9.73. The summed E-state index contributed by atoms with van der Waals surface area (Å²) in [5.74, 6) is -0.364. The van der Waals surface area contributed by atoms with Gasteiger partial charge in [-0.05, 0) is 51.3 Å². The lowest BCUT2D eigenvalue weighted by atomic mass is 9.99. The Morgan fingerprint density at radius 3 is 2.69 bits per heavy atom. The minimum Gasteiger partial charge on any atom is -0.480 e. The number of fused-ring (bicyclic) bond motifs is 1. The van der Waals surface area contributed by atoms with Crippen LogP contribution in [0.2, 0.25) is 0 Å². The number of amides is 1. The van der Waals surface area contributed by atoms with Gasteiger partial charge in [0.2, 0.25) is 5.88 Å². The summed E-state index contributed by atoms with van der Waals surface area (Å²) in [5, 5.41) is 11.8. The Morgan fingerprint density at radius 1 is 1.25 bits per heavy atom. The zero-order valence-electron chi connectivity index (χ0n) is 18.2. The highest BCUT2D eigenvalue weighted by Gasteiger charge is 2.52. The SMILES string of the molecule is CC(C)(C)OC(=O)N1C[C@H](Oc2nc(-c3ccccn3)nc3ccsc23)C[C@@]1(C)C(=O)O. The van der Waals surface area contributed by atoms with Crippen molar-refractivity contribution in [3.05, 3.63) is 35.8 Å². The predicted octanol–water partition coefficient (Wildman–Crippen LogP) is 3.98. The Balaban J connectivity index is 1.65. The summed E-state index contributed by atoms with van der Waals surface area (Å²) in [7, 11) is 0. The fourth-order valence-corrected chi connectivity index (χ4v) is 4.34. The number of thiophene rings is 1. The van der Waals surface area contributed by atoms with Crippen molar-refractivity contribution in [1.82, 2.24) is 19.9 Å². The zero-order chi connectivity index (χ0) is 23.1. The van der Waals surface area contributed by atoms with Crippen LogP contribution in [0.5, 0.6) is 5.88 Å². The highest BCUT2D eigenvalue weighted by Crippen LogP contribution is 2.36. The quantitative estimate of drug-likeness (QED) is 0.627. The Kier molecular flexibility index (Phi) is 5.49. The molecule has 0 aromatic carbocycles. The third kappa shape index (κ3) is 4.22. The van der Waals surface area contributed by atoms with Crippen LogP contribution in [0.3, 0.4) is 0 Å². The Morgan fingerprint density at radius 2 is 2.03 bits per heavy atom. The minimum absolute atomic E-state index is 0.0630. The van der Waals surface area contributed by atoms with Gasteiger partial charge in [0, 0.05) is 12.6 Å². The first-order valence-corrected chi connectivity index (χ1v) is 11.0.